The predicted octanol–water partition coefficient (Wildman–Crippen LogP) is 4.88. The van der Waals surface area contributed by atoms with Gasteiger partial charge in [0, 0.05) is 5.41 Å². The van der Waals surface area contributed by atoms with Gasteiger partial charge in [0.2, 0.25) is 0 Å². The first kappa shape index (κ1) is 15.6. The number of esters is 1. The van der Waals surface area contributed by atoms with Crippen molar-refractivity contribution in [1.29, 1.82) is 0 Å². The minimum atomic E-state index is -0.446. The molecule has 0 spiro atoms. The van der Waals surface area contributed by atoms with E-state index in [9.17, 15) is 4.79 Å². The number of rotatable bonds is 2. The molecular weight excluding hydrogens is 248 g/mol. The molecule has 2 atom stereocenters. The fourth-order valence-corrected chi connectivity index (χ4v) is 3.53. The van der Waals surface area contributed by atoms with E-state index in [2.05, 4.69) is 26.8 Å². The quantitative estimate of drug-likeness (QED) is 0.531. The Labute approximate surface area is 124 Å². The maximum Gasteiger partial charge on any atom is 0.311 e. The second-order valence-corrected chi connectivity index (χ2v) is 8.54. The summed E-state index contributed by atoms with van der Waals surface area (Å²) in [5.41, 5.74) is 0.658. The van der Waals surface area contributed by atoms with Gasteiger partial charge in [-0.25, -0.2) is 0 Å². The van der Waals surface area contributed by atoms with Gasteiger partial charge >= 0.3 is 5.97 Å². The van der Waals surface area contributed by atoms with Crippen LogP contribution < -0.4 is 0 Å². The molecule has 0 amide bonds. The minimum Gasteiger partial charge on any atom is -0.458 e. The van der Waals surface area contributed by atoms with Crippen molar-refractivity contribution in [2.75, 3.05) is 0 Å². The zero-order valence-electron chi connectivity index (χ0n) is 14.0. The molecule has 2 rings (SSSR count). The summed E-state index contributed by atoms with van der Waals surface area (Å²) in [7, 11) is 0. The van der Waals surface area contributed by atoms with Crippen molar-refractivity contribution < 1.29 is 9.53 Å². The molecule has 2 bridgehead atoms. The third-order valence-corrected chi connectivity index (χ3v) is 5.23. The molecule has 1 fully saturated rings. The molecule has 2 aliphatic rings. The monoisotopic (exact) mass is 278 g/mol. The van der Waals surface area contributed by atoms with Crippen LogP contribution in [0.2, 0.25) is 0 Å². The lowest BCUT2D eigenvalue weighted by atomic mass is 9.61. The van der Waals surface area contributed by atoms with E-state index in [4.69, 9.17) is 4.74 Å². The lowest BCUT2D eigenvalue weighted by Crippen LogP contribution is -2.48. The van der Waals surface area contributed by atoms with Gasteiger partial charge in [-0.15, -0.1) is 0 Å². The van der Waals surface area contributed by atoms with Crippen LogP contribution in [0.25, 0.3) is 0 Å². The average molecular weight is 278 g/mol. The normalized spacial score (nSPS) is 30.7. The van der Waals surface area contributed by atoms with E-state index in [0.29, 0.717) is 0 Å². The predicted molar refractivity (Wildman–Crippen MR) is 82.4 cm³/mol. The van der Waals surface area contributed by atoms with Crippen LogP contribution in [-0.2, 0) is 9.53 Å². The first-order chi connectivity index (χ1) is 9.03. The van der Waals surface area contributed by atoms with Crippen molar-refractivity contribution in [1.82, 2.24) is 0 Å². The Morgan fingerprint density at radius 3 is 2.50 bits per heavy atom. The molecule has 0 aliphatic heterocycles. The van der Waals surface area contributed by atoms with Gasteiger partial charge in [-0.05, 0) is 72.6 Å². The molecule has 0 saturated heterocycles. The molecule has 2 unspecified atom stereocenters. The van der Waals surface area contributed by atoms with Gasteiger partial charge in [0.05, 0.1) is 5.41 Å². The van der Waals surface area contributed by atoms with Crippen LogP contribution in [0.3, 0.4) is 0 Å². The van der Waals surface area contributed by atoms with E-state index in [0.717, 1.165) is 12.3 Å². The second kappa shape index (κ2) is 4.89. The highest BCUT2D eigenvalue weighted by Crippen LogP contribution is 2.50. The van der Waals surface area contributed by atoms with Crippen molar-refractivity contribution >= 4 is 5.97 Å². The van der Waals surface area contributed by atoms with E-state index < -0.39 is 11.0 Å². The third kappa shape index (κ3) is 2.94. The van der Waals surface area contributed by atoms with Crippen LogP contribution in [0.15, 0.2) is 11.6 Å². The fourth-order valence-electron chi connectivity index (χ4n) is 3.53. The summed E-state index contributed by atoms with van der Waals surface area (Å²) in [4.78, 5) is 12.3. The summed E-state index contributed by atoms with van der Waals surface area (Å²) < 4.78 is 5.93. The average Bonchev–Trinajstić information content (AvgIpc) is 2.25. The maximum atomic E-state index is 12.3. The number of allylic oxidation sites excluding steroid dienone is 1. The van der Waals surface area contributed by atoms with Gasteiger partial charge in [0.15, 0.2) is 0 Å². The molecule has 0 aromatic heterocycles. The van der Waals surface area contributed by atoms with E-state index in [1.165, 1.54) is 25.7 Å². The zero-order valence-corrected chi connectivity index (χ0v) is 14.0. The summed E-state index contributed by atoms with van der Waals surface area (Å²) in [5, 5.41) is 0. The number of hydrogen-bond acceptors (Lipinski definition) is 2. The topological polar surface area (TPSA) is 26.3 Å². The molecule has 2 heteroatoms. The van der Waals surface area contributed by atoms with Crippen LogP contribution in [0.5, 0.6) is 0 Å². The number of fused-ring (bicyclic) bond motifs is 2. The lowest BCUT2D eigenvalue weighted by molar-refractivity contribution is -0.177. The van der Waals surface area contributed by atoms with Crippen molar-refractivity contribution in [2.45, 2.75) is 79.2 Å². The summed E-state index contributed by atoms with van der Waals surface area (Å²) in [6.45, 7) is 12.2. The van der Waals surface area contributed by atoms with Crippen molar-refractivity contribution in [3.05, 3.63) is 11.6 Å². The van der Waals surface area contributed by atoms with Crippen molar-refractivity contribution in [3.63, 3.8) is 0 Å². The molecule has 20 heavy (non-hydrogen) atoms. The SMILES string of the molecule is CC(C)(C)C(=O)OC(C)(C)C1(C)C=C2CCCC(C2)C1. The van der Waals surface area contributed by atoms with Gasteiger partial charge < -0.3 is 4.74 Å². The van der Waals surface area contributed by atoms with Crippen LogP contribution in [-0.4, -0.2) is 11.6 Å². The molecule has 2 aliphatic carbocycles. The van der Waals surface area contributed by atoms with Gasteiger partial charge in [-0.2, -0.15) is 0 Å². The Balaban J connectivity index is 2.22. The molecule has 2 nitrogen and oxygen atoms in total. The smallest absolute Gasteiger partial charge is 0.311 e. The van der Waals surface area contributed by atoms with Crippen molar-refractivity contribution in [3.8, 4) is 0 Å². The second-order valence-electron chi connectivity index (χ2n) is 8.54. The van der Waals surface area contributed by atoms with Crippen LogP contribution >= 0.6 is 0 Å². The summed E-state index contributed by atoms with van der Waals surface area (Å²) >= 11 is 0. The van der Waals surface area contributed by atoms with E-state index in [1.54, 1.807) is 5.57 Å². The van der Waals surface area contributed by atoms with Gasteiger partial charge in [-0.3, -0.25) is 4.79 Å². The number of hydrogen-bond donors (Lipinski definition) is 0. The fraction of sp³-hybridized carbons (Fsp3) is 0.833. The van der Waals surface area contributed by atoms with E-state index >= 15 is 0 Å². The Bertz CT molecular complexity index is 425. The maximum absolute atomic E-state index is 12.3. The van der Waals surface area contributed by atoms with Crippen LogP contribution in [0, 0.1) is 16.7 Å². The van der Waals surface area contributed by atoms with Gasteiger partial charge in [-0.1, -0.05) is 18.6 Å². The molecule has 1 saturated carbocycles. The van der Waals surface area contributed by atoms with Crippen molar-refractivity contribution in [2.24, 2.45) is 16.7 Å². The Morgan fingerprint density at radius 2 is 1.95 bits per heavy atom. The summed E-state index contributed by atoms with van der Waals surface area (Å²) in [5.74, 6) is 0.680. The number of carbonyl (C=O) groups excluding carboxylic acids is 1. The van der Waals surface area contributed by atoms with Crippen LogP contribution in [0.1, 0.15) is 73.6 Å². The molecule has 0 radical (unpaired) electrons. The molecule has 114 valence electrons. The highest BCUT2D eigenvalue weighted by Gasteiger charge is 2.47. The van der Waals surface area contributed by atoms with Crippen LogP contribution in [0.4, 0.5) is 0 Å². The Hall–Kier alpha value is -0.790. The molecule has 0 heterocycles. The van der Waals surface area contributed by atoms with E-state index in [-0.39, 0.29) is 11.4 Å². The Kier molecular flexibility index (Phi) is 3.81. The minimum absolute atomic E-state index is 0.0351. The highest BCUT2D eigenvalue weighted by atomic mass is 16.6. The lowest BCUT2D eigenvalue weighted by Gasteiger charge is -2.48. The zero-order chi connectivity index (χ0) is 15.2. The largest absolute Gasteiger partial charge is 0.458 e. The Morgan fingerprint density at radius 1 is 1.30 bits per heavy atom. The first-order valence-corrected chi connectivity index (χ1v) is 7.98. The molecule has 0 N–H and O–H groups in total. The first-order valence-electron chi connectivity index (χ1n) is 7.98. The van der Waals surface area contributed by atoms with Gasteiger partial charge in [0.25, 0.3) is 0 Å². The molecule has 0 aromatic carbocycles. The molecular formula is C18H30O2. The third-order valence-electron chi connectivity index (χ3n) is 5.23. The number of ether oxygens (including phenoxy) is 1. The standard InChI is InChI=1S/C18H30O2/c1-16(2,3)15(19)20-17(4,5)18(6)11-13-8-7-9-14(10-13)12-18/h11,14H,7-10,12H2,1-6H3. The van der Waals surface area contributed by atoms with E-state index in [1.807, 2.05) is 20.8 Å². The summed E-state index contributed by atoms with van der Waals surface area (Å²) in [6.07, 6.45) is 8.71. The number of carbonyl (C=O) groups is 1. The molecule has 0 aromatic rings. The van der Waals surface area contributed by atoms with Gasteiger partial charge in [0.1, 0.15) is 5.60 Å². The highest BCUT2D eigenvalue weighted by molar-refractivity contribution is 5.75. The summed E-state index contributed by atoms with van der Waals surface area (Å²) in [6, 6.07) is 0.